The second kappa shape index (κ2) is 7.11. The lowest BCUT2D eigenvalue weighted by molar-refractivity contribution is -0.121. The number of anilines is 1. The van der Waals surface area contributed by atoms with Crippen molar-refractivity contribution in [1.29, 1.82) is 0 Å². The zero-order valence-corrected chi connectivity index (χ0v) is 12.4. The monoisotopic (exact) mass is 322 g/mol. The molecule has 0 radical (unpaired) electrons. The lowest BCUT2D eigenvalue weighted by atomic mass is 10.1. The summed E-state index contributed by atoms with van der Waals surface area (Å²) < 4.78 is 0. The van der Waals surface area contributed by atoms with Crippen molar-refractivity contribution >= 4 is 41.2 Å². The highest BCUT2D eigenvalue weighted by atomic mass is 35.5. The van der Waals surface area contributed by atoms with Crippen LogP contribution in [-0.2, 0) is 9.59 Å². The molecule has 2 N–H and O–H groups in total. The van der Waals surface area contributed by atoms with Gasteiger partial charge in [-0.2, -0.15) is 0 Å². The molecule has 0 aliphatic carbocycles. The Morgan fingerprint density at radius 1 is 1.10 bits per heavy atom. The average Bonchev–Trinajstić information content (AvgIpc) is 2.45. The van der Waals surface area contributed by atoms with Crippen LogP contribution < -0.4 is 10.6 Å². The first-order chi connectivity index (χ1) is 10.1. The van der Waals surface area contributed by atoms with E-state index in [0.717, 1.165) is 0 Å². The normalized spacial score (nSPS) is 11.5. The molecule has 2 amide bonds. The van der Waals surface area contributed by atoms with Gasteiger partial charge in [0.05, 0.1) is 0 Å². The van der Waals surface area contributed by atoms with E-state index in [1.54, 1.807) is 48.5 Å². The number of hydrogen-bond acceptors (Lipinski definition) is 2. The predicted molar refractivity (Wildman–Crippen MR) is 83.5 cm³/mol. The molecule has 0 aliphatic heterocycles. The molecular formula is C15H12Cl2N2O2. The van der Waals surface area contributed by atoms with Crippen LogP contribution in [0, 0.1) is 0 Å². The van der Waals surface area contributed by atoms with Crippen molar-refractivity contribution in [3.8, 4) is 0 Å². The van der Waals surface area contributed by atoms with Gasteiger partial charge < -0.3 is 10.6 Å². The minimum Gasteiger partial charge on any atom is -0.343 e. The van der Waals surface area contributed by atoms with Crippen LogP contribution in [0.25, 0.3) is 0 Å². The SMILES string of the molecule is O=CN[C@H](C(=O)Nc1cccc(Cl)c1)c1ccccc1Cl. The summed E-state index contributed by atoms with van der Waals surface area (Å²) in [5, 5.41) is 6.06. The van der Waals surface area contributed by atoms with E-state index in [-0.39, 0.29) is 0 Å². The molecule has 0 saturated heterocycles. The van der Waals surface area contributed by atoms with E-state index in [2.05, 4.69) is 10.6 Å². The Bertz CT molecular complexity index is 662. The summed E-state index contributed by atoms with van der Waals surface area (Å²) >= 11 is 11.9. The van der Waals surface area contributed by atoms with E-state index in [1.807, 2.05) is 0 Å². The third-order valence-corrected chi connectivity index (χ3v) is 3.38. The highest BCUT2D eigenvalue weighted by Crippen LogP contribution is 2.24. The summed E-state index contributed by atoms with van der Waals surface area (Å²) in [6.07, 6.45) is 0.464. The Morgan fingerprint density at radius 3 is 2.52 bits per heavy atom. The van der Waals surface area contributed by atoms with Crippen molar-refractivity contribution < 1.29 is 9.59 Å². The maximum absolute atomic E-state index is 12.3. The van der Waals surface area contributed by atoms with Gasteiger partial charge in [0.1, 0.15) is 6.04 Å². The molecule has 108 valence electrons. The number of halogens is 2. The number of hydrogen-bond donors (Lipinski definition) is 2. The van der Waals surface area contributed by atoms with Crippen LogP contribution in [0.15, 0.2) is 48.5 Å². The average molecular weight is 323 g/mol. The van der Waals surface area contributed by atoms with Gasteiger partial charge in [-0.3, -0.25) is 9.59 Å². The lowest BCUT2D eigenvalue weighted by Gasteiger charge is -2.17. The Balaban J connectivity index is 2.24. The van der Waals surface area contributed by atoms with Gasteiger partial charge in [0.25, 0.3) is 5.91 Å². The molecule has 2 rings (SSSR count). The van der Waals surface area contributed by atoms with Crippen LogP contribution >= 0.6 is 23.2 Å². The summed E-state index contributed by atoms with van der Waals surface area (Å²) in [4.78, 5) is 23.1. The van der Waals surface area contributed by atoms with Gasteiger partial charge in [-0.1, -0.05) is 47.5 Å². The molecule has 1 atom stereocenters. The van der Waals surface area contributed by atoms with Crippen LogP contribution in [0.1, 0.15) is 11.6 Å². The van der Waals surface area contributed by atoms with Gasteiger partial charge in [0, 0.05) is 21.3 Å². The first-order valence-electron chi connectivity index (χ1n) is 6.12. The van der Waals surface area contributed by atoms with Crippen molar-refractivity contribution in [2.45, 2.75) is 6.04 Å². The maximum Gasteiger partial charge on any atom is 0.251 e. The Kier molecular flexibility index (Phi) is 5.20. The Labute approximate surface area is 132 Å². The zero-order valence-electron chi connectivity index (χ0n) is 10.8. The van der Waals surface area contributed by atoms with Gasteiger partial charge in [-0.15, -0.1) is 0 Å². The van der Waals surface area contributed by atoms with Crippen molar-refractivity contribution in [3.05, 3.63) is 64.1 Å². The number of amides is 2. The van der Waals surface area contributed by atoms with Crippen LogP contribution in [0.3, 0.4) is 0 Å². The largest absolute Gasteiger partial charge is 0.343 e. The number of carbonyl (C=O) groups excluding carboxylic acids is 2. The highest BCUT2D eigenvalue weighted by molar-refractivity contribution is 6.32. The number of benzene rings is 2. The van der Waals surface area contributed by atoms with Crippen LogP contribution in [-0.4, -0.2) is 12.3 Å². The van der Waals surface area contributed by atoms with E-state index in [4.69, 9.17) is 23.2 Å². The molecule has 0 aliphatic rings. The highest BCUT2D eigenvalue weighted by Gasteiger charge is 2.22. The lowest BCUT2D eigenvalue weighted by Crippen LogP contribution is -2.32. The molecule has 0 saturated carbocycles. The second-order valence-electron chi connectivity index (χ2n) is 4.24. The smallest absolute Gasteiger partial charge is 0.251 e. The van der Waals surface area contributed by atoms with Crippen molar-refractivity contribution in [2.75, 3.05) is 5.32 Å². The minimum atomic E-state index is -0.879. The topological polar surface area (TPSA) is 58.2 Å². The summed E-state index contributed by atoms with van der Waals surface area (Å²) in [7, 11) is 0. The third kappa shape index (κ3) is 3.97. The van der Waals surface area contributed by atoms with E-state index in [9.17, 15) is 9.59 Å². The molecule has 6 heteroatoms. The van der Waals surface area contributed by atoms with Crippen LogP contribution in [0.2, 0.25) is 10.0 Å². The minimum absolute atomic E-state index is 0.401. The first-order valence-corrected chi connectivity index (χ1v) is 6.88. The maximum atomic E-state index is 12.3. The van der Waals surface area contributed by atoms with Gasteiger partial charge in [0.2, 0.25) is 6.41 Å². The third-order valence-electron chi connectivity index (χ3n) is 2.81. The van der Waals surface area contributed by atoms with Gasteiger partial charge in [0.15, 0.2) is 0 Å². The molecule has 2 aromatic rings. The first kappa shape index (κ1) is 15.4. The molecule has 0 unspecified atom stereocenters. The summed E-state index contributed by atoms with van der Waals surface area (Å²) in [5.74, 6) is -0.405. The van der Waals surface area contributed by atoms with Crippen molar-refractivity contribution in [1.82, 2.24) is 5.32 Å². The summed E-state index contributed by atoms with van der Waals surface area (Å²) in [5.41, 5.74) is 1.06. The number of rotatable bonds is 5. The molecule has 0 fully saturated rings. The van der Waals surface area contributed by atoms with Crippen molar-refractivity contribution in [2.24, 2.45) is 0 Å². The van der Waals surface area contributed by atoms with Crippen LogP contribution in [0.4, 0.5) is 5.69 Å². The Hall–Kier alpha value is -2.04. The zero-order chi connectivity index (χ0) is 15.2. The molecule has 2 aromatic carbocycles. The molecular weight excluding hydrogens is 311 g/mol. The number of carbonyl (C=O) groups is 2. The Morgan fingerprint density at radius 2 is 1.86 bits per heavy atom. The van der Waals surface area contributed by atoms with Gasteiger partial charge in [-0.25, -0.2) is 0 Å². The molecule has 21 heavy (non-hydrogen) atoms. The molecule has 0 heterocycles. The standard InChI is InChI=1S/C15H12Cl2N2O2/c16-10-4-3-5-11(8-10)19-15(21)14(18-9-20)12-6-1-2-7-13(12)17/h1-9,14H,(H,18,20)(H,19,21)/t14-/m0/s1. The van der Waals surface area contributed by atoms with E-state index in [0.29, 0.717) is 27.7 Å². The molecule has 0 bridgehead atoms. The molecule has 0 aromatic heterocycles. The van der Waals surface area contributed by atoms with E-state index in [1.165, 1.54) is 0 Å². The van der Waals surface area contributed by atoms with Crippen LogP contribution in [0.5, 0.6) is 0 Å². The van der Waals surface area contributed by atoms with E-state index < -0.39 is 11.9 Å². The summed E-state index contributed by atoms with van der Waals surface area (Å²) in [6.45, 7) is 0. The fraction of sp³-hybridized carbons (Fsp3) is 0.0667. The fourth-order valence-electron chi connectivity index (χ4n) is 1.86. The molecule has 0 spiro atoms. The van der Waals surface area contributed by atoms with Gasteiger partial charge in [-0.05, 0) is 24.3 Å². The summed E-state index contributed by atoms with van der Waals surface area (Å²) in [6, 6.07) is 12.7. The van der Waals surface area contributed by atoms with E-state index >= 15 is 0 Å². The number of nitrogens with one attached hydrogen (secondary N) is 2. The quantitative estimate of drug-likeness (QED) is 0.829. The second-order valence-corrected chi connectivity index (χ2v) is 5.08. The fourth-order valence-corrected chi connectivity index (χ4v) is 2.30. The van der Waals surface area contributed by atoms with Gasteiger partial charge >= 0.3 is 0 Å². The molecule has 4 nitrogen and oxygen atoms in total. The predicted octanol–water partition coefficient (Wildman–Crippen LogP) is 3.42. The van der Waals surface area contributed by atoms with Crippen molar-refractivity contribution in [3.63, 3.8) is 0 Å².